The molecule has 2 aromatic rings. The fourth-order valence-electron chi connectivity index (χ4n) is 4.98. The van der Waals surface area contributed by atoms with Gasteiger partial charge in [-0.3, -0.25) is 14.4 Å². The zero-order valence-electron chi connectivity index (χ0n) is 19.7. The molecule has 0 saturated carbocycles. The summed E-state index contributed by atoms with van der Waals surface area (Å²) >= 11 is 0. The Morgan fingerprint density at radius 3 is 2.31 bits per heavy atom. The van der Waals surface area contributed by atoms with Crippen LogP contribution < -0.4 is 10.2 Å². The number of rotatable bonds is 5. The van der Waals surface area contributed by atoms with Crippen molar-refractivity contribution in [3.05, 3.63) is 66.2 Å². The maximum absolute atomic E-state index is 13.6. The predicted molar refractivity (Wildman–Crippen MR) is 130 cm³/mol. The fraction of sp³-hybridized carbons (Fsp3) is 0.385. The van der Waals surface area contributed by atoms with E-state index in [-0.39, 0.29) is 30.8 Å². The molecule has 0 bridgehead atoms. The van der Waals surface area contributed by atoms with Crippen molar-refractivity contribution in [2.24, 2.45) is 0 Å². The van der Waals surface area contributed by atoms with Gasteiger partial charge in [0.1, 0.15) is 12.1 Å². The number of carboxylic acid groups (broad SMARTS) is 1. The quantitative estimate of drug-likeness (QED) is 0.684. The lowest BCUT2D eigenvalue weighted by molar-refractivity contribution is -0.144. The molecule has 4 amide bonds. The lowest BCUT2D eigenvalue weighted by Gasteiger charge is -2.39. The highest BCUT2D eigenvalue weighted by molar-refractivity contribution is 6.00. The summed E-state index contributed by atoms with van der Waals surface area (Å²) in [6, 6.07) is 16.4. The van der Waals surface area contributed by atoms with Crippen molar-refractivity contribution >= 4 is 29.5 Å². The number of hydrogen-bond acceptors (Lipinski definition) is 4. The zero-order valence-corrected chi connectivity index (χ0v) is 19.7. The lowest BCUT2D eigenvalue weighted by Crippen LogP contribution is -2.61. The van der Waals surface area contributed by atoms with Gasteiger partial charge in [-0.15, -0.1) is 0 Å². The van der Waals surface area contributed by atoms with Gasteiger partial charge in [0.15, 0.2) is 0 Å². The van der Waals surface area contributed by atoms with Crippen molar-refractivity contribution in [1.29, 1.82) is 0 Å². The molecule has 0 aromatic heterocycles. The fourth-order valence-corrected chi connectivity index (χ4v) is 4.98. The first-order valence-corrected chi connectivity index (χ1v) is 11.8. The van der Waals surface area contributed by atoms with E-state index in [2.05, 4.69) is 5.32 Å². The standard InChI is InChI=1S/C26H30N4O5/c1-28(19-10-6-3-7-11-19)25(33)22-13-12-20-14-15-29(23(31)16-18-8-4-2-5-9-18)17-21(27-26(34)35)24(32)30(20)22/h2-11,20-22,27H,12-17H2,1H3,(H,34,35)/t20-,21+,22+/m1/s1. The Balaban J connectivity index is 1.54. The maximum Gasteiger partial charge on any atom is 0.405 e. The van der Waals surface area contributed by atoms with Crippen LogP contribution in [0, 0.1) is 0 Å². The molecular weight excluding hydrogens is 448 g/mol. The number of hydrogen-bond donors (Lipinski definition) is 2. The van der Waals surface area contributed by atoms with Crippen LogP contribution in [0.1, 0.15) is 24.8 Å². The van der Waals surface area contributed by atoms with Gasteiger partial charge in [0.2, 0.25) is 17.7 Å². The number of likely N-dealkylation sites (N-methyl/N-ethyl adjacent to an activating group) is 1. The van der Waals surface area contributed by atoms with E-state index in [0.29, 0.717) is 25.8 Å². The molecule has 2 aliphatic rings. The summed E-state index contributed by atoms with van der Waals surface area (Å²) in [6.07, 6.45) is 0.464. The van der Waals surface area contributed by atoms with Gasteiger partial charge in [0, 0.05) is 25.3 Å². The van der Waals surface area contributed by atoms with Crippen molar-refractivity contribution in [2.75, 3.05) is 25.0 Å². The number of carbonyl (C=O) groups excluding carboxylic acids is 3. The Kier molecular flexibility index (Phi) is 7.33. The van der Waals surface area contributed by atoms with Gasteiger partial charge < -0.3 is 25.1 Å². The van der Waals surface area contributed by atoms with E-state index in [4.69, 9.17) is 0 Å². The number of nitrogens with one attached hydrogen (secondary N) is 1. The predicted octanol–water partition coefficient (Wildman–Crippen LogP) is 2.12. The molecule has 9 nitrogen and oxygen atoms in total. The van der Waals surface area contributed by atoms with Gasteiger partial charge in [0.05, 0.1) is 13.0 Å². The van der Waals surface area contributed by atoms with E-state index in [1.54, 1.807) is 16.8 Å². The largest absolute Gasteiger partial charge is 0.465 e. The summed E-state index contributed by atoms with van der Waals surface area (Å²) in [5.74, 6) is -0.838. The number of nitrogens with zero attached hydrogens (tertiary/aromatic N) is 3. The van der Waals surface area contributed by atoms with Crippen molar-refractivity contribution in [1.82, 2.24) is 15.1 Å². The van der Waals surface area contributed by atoms with E-state index >= 15 is 0 Å². The molecule has 0 spiro atoms. The van der Waals surface area contributed by atoms with E-state index in [1.165, 1.54) is 4.90 Å². The molecule has 0 aliphatic carbocycles. The summed E-state index contributed by atoms with van der Waals surface area (Å²) in [5.41, 5.74) is 1.57. The summed E-state index contributed by atoms with van der Waals surface area (Å²) in [4.78, 5) is 56.2. The number of fused-ring (bicyclic) bond motifs is 1. The van der Waals surface area contributed by atoms with Gasteiger partial charge in [-0.25, -0.2) is 4.79 Å². The van der Waals surface area contributed by atoms with Gasteiger partial charge in [-0.05, 0) is 37.0 Å². The zero-order chi connectivity index (χ0) is 24.9. The highest BCUT2D eigenvalue weighted by atomic mass is 16.4. The van der Waals surface area contributed by atoms with Crippen molar-refractivity contribution in [2.45, 2.75) is 43.8 Å². The highest BCUT2D eigenvalue weighted by Crippen LogP contribution is 2.31. The highest BCUT2D eigenvalue weighted by Gasteiger charge is 2.46. The molecule has 2 aromatic carbocycles. The van der Waals surface area contributed by atoms with Crippen LogP contribution in [0.5, 0.6) is 0 Å². The monoisotopic (exact) mass is 478 g/mol. The second-order valence-corrected chi connectivity index (χ2v) is 9.02. The Bertz CT molecular complexity index is 1080. The molecule has 35 heavy (non-hydrogen) atoms. The Morgan fingerprint density at radius 1 is 1.00 bits per heavy atom. The number of carbonyl (C=O) groups is 4. The van der Waals surface area contributed by atoms with Crippen LogP contribution in [0.4, 0.5) is 10.5 Å². The van der Waals surface area contributed by atoms with Crippen molar-refractivity contribution < 1.29 is 24.3 Å². The molecule has 3 atom stereocenters. The number of amides is 4. The van der Waals surface area contributed by atoms with E-state index in [9.17, 15) is 24.3 Å². The van der Waals surface area contributed by atoms with Crippen LogP contribution in [0.25, 0.3) is 0 Å². The lowest BCUT2D eigenvalue weighted by atomic mass is 10.1. The summed E-state index contributed by atoms with van der Waals surface area (Å²) < 4.78 is 0. The van der Waals surface area contributed by atoms with Crippen LogP contribution in [0.15, 0.2) is 60.7 Å². The Labute approximate surface area is 204 Å². The van der Waals surface area contributed by atoms with Crippen LogP contribution in [-0.2, 0) is 20.8 Å². The molecule has 0 unspecified atom stereocenters. The molecule has 2 N–H and O–H groups in total. The second-order valence-electron chi connectivity index (χ2n) is 9.02. The molecule has 2 saturated heterocycles. The maximum atomic E-state index is 13.6. The first-order chi connectivity index (χ1) is 16.8. The number of anilines is 1. The second kappa shape index (κ2) is 10.6. The SMILES string of the molecule is CN(C(=O)[C@@H]1CC[C@@H]2CCN(C(=O)Cc3ccccc3)C[C@H](NC(=O)O)C(=O)N21)c1ccccc1. The van der Waals surface area contributed by atoms with Crippen LogP contribution in [-0.4, -0.2) is 77.0 Å². The normalized spacial score (nSPS) is 22.1. The van der Waals surface area contributed by atoms with E-state index in [1.807, 2.05) is 60.7 Å². The molecular formula is C26H30N4O5. The smallest absolute Gasteiger partial charge is 0.405 e. The minimum atomic E-state index is -1.35. The minimum absolute atomic E-state index is 0.0740. The van der Waals surface area contributed by atoms with Gasteiger partial charge >= 0.3 is 6.09 Å². The third-order valence-electron chi connectivity index (χ3n) is 6.80. The van der Waals surface area contributed by atoms with Crippen molar-refractivity contribution in [3.8, 4) is 0 Å². The van der Waals surface area contributed by atoms with Crippen LogP contribution in [0.2, 0.25) is 0 Å². The molecule has 9 heteroatoms. The minimum Gasteiger partial charge on any atom is -0.465 e. The molecule has 184 valence electrons. The molecule has 2 heterocycles. The summed E-state index contributed by atoms with van der Waals surface area (Å²) in [7, 11) is 1.68. The van der Waals surface area contributed by atoms with Gasteiger partial charge in [0.25, 0.3) is 0 Å². The topological polar surface area (TPSA) is 110 Å². The molecule has 4 rings (SSSR count). The Hall–Kier alpha value is -3.88. The van der Waals surface area contributed by atoms with Crippen molar-refractivity contribution in [3.63, 3.8) is 0 Å². The summed E-state index contributed by atoms with van der Waals surface area (Å²) in [5, 5.41) is 11.7. The summed E-state index contributed by atoms with van der Waals surface area (Å²) in [6.45, 7) is 0.308. The first kappa shape index (κ1) is 24.3. The average Bonchev–Trinajstić information content (AvgIpc) is 3.27. The van der Waals surface area contributed by atoms with Gasteiger partial charge in [-0.2, -0.15) is 0 Å². The van der Waals surface area contributed by atoms with Gasteiger partial charge in [-0.1, -0.05) is 48.5 Å². The number of benzene rings is 2. The molecule has 2 aliphatic heterocycles. The first-order valence-electron chi connectivity index (χ1n) is 11.8. The molecule has 0 radical (unpaired) electrons. The molecule has 2 fully saturated rings. The average molecular weight is 479 g/mol. The third-order valence-corrected chi connectivity index (χ3v) is 6.80. The van der Waals surface area contributed by atoms with Crippen LogP contribution >= 0.6 is 0 Å². The third kappa shape index (κ3) is 5.45. The van der Waals surface area contributed by atoms with Crippen LogP contribution in [0.3, 0.4) is 0 Å². The Morgan fingerprint density at radius 2 is 1.66 bits per heavy atom. The van der Waals surface area contributed by atoms with E-state index in [0.717, 1.165) is 11.3 Å². The number of para-hydroxylation sites is 1. The van der Waals surface area contributed by atoms with E-state index < -0.39 is 24.1 Å².